The van der Waals surface area contributed by atoms with Crippen molar-refractivity contribution >= 4 is 29.3 Å². The van der Waals surface area contributed by atoms with Crippen LogP contribution in [0.3, 0.4) is 0 Å². The number of carbonyl (C=O) groups is 3. The molecule has 0 aliphatic heterocycles. The second kappa shape index (κ2) is 10.3. The zero-order valence-electron chi connectivity index (χ0n) is 18.3. The van der Waals surface area contributed by atoms with Crippen LogP contribution in [0.25, 0.3) is 11.1 Å². The van der Waals surface area contributed by atoms with Gasteiger partial charge in [-0.1, -0.05) is 54.6 Å². The number of amides is 2. The standard InChI is InChI=1S/C25H23N3O5S/c1-2-11-28(13-23(29)30)24(31)21-15-34-22(27-21)12-26-25(32)33-14-20-18-9-5-3-7-16(18)17-8-4-6-10-19(17)20/h2-10,15,20H,1,11-14H2,(H,26,32)(H,29,30). The van der Waals surface area contributed by atoms with Crippen LogP contribution in [0.15, 0.2) is 66.6 Å². The van der Waals surface area contributed by atoms with E-state index in [0.717, 1.165) is 27.2 Å². The molecule has 0 unspecified atom stereocenters. The summed E-state index contributed by atoms with van der Waals surface area (Å²) < 4.78 is 5.50. The van der Waals surface area contributed by atoms with Gasteiger partial charge in [0.25, 0.3) is 5.91 Å². The number of fused-ring (bicyclic) bond motifs is 3. The van der Waals surface area contributed by atoms with Crippen molar-refractivity contribution in [1.82, 2.24) is 15.2 Å². The molecule has 2 amide bonds. The second-order valence-corrected chi connectivity index (χ2v) is 8.62. The zero-order chi connectivity index (χ0) is 24.1. The first-order chi connectivity index (χ1) is 16.5. The van der Waals surface area contributed by atoms with Crippen LogP contribution in [0.1, 0.15) is 32.5 Å². The maximum absolute atomic E-state index is 12.5. The fourth-order valence-corrected chi connectivity index (χ4v) is 4.70. The van der Waals surface area contributed by atoms with Gasteiger partial charge in [0.1, 0.15) is 23.9 Å². The predicted octanol–water partition coefficient (Wildman–Crippen LogP) is 3.89. The van der Waals surface area contributed by atoms with Crippen molar-refractivity contribution in [2.24, 2.45) is 0 Å². The molecule has 0 saturated carbocycles. The molecule has 1 aromatic heterocycles. The first-order valence-electron chi connectivity index (χ1n) is 10.6. The van der Waals surface area contributed by atoms with Gasteiger partial charge >= 0.3 is 12.1 Å². The molecule has 9 heteroatoms. The van der Waals surface area contributed by atoms with E-state index < -0.39 is 24.5 Å². The van der Waals surface area contributed by atoms with Crippen LogP contribution in [-0.4, -0.2) is 52.7 Å². The predicted molar refractivity (Wildman–Crippen MR) is 128 cm³/mol. The number of benzene rings is 2. The van der Waals surface area contributed by atoms with E-state index in [1.807, 2.05) is 24.3 Å². The number of nitrogens with zero attached hydrogens (tertiary/aromatic N) is 2. The summed E-state index contributed by atoms with van der Waals surface area (Å²) in [6, 6.07) is 16.2. The molecule has 0 radical (unpaired) electrons. The number of hydrogen-bond acceptors (Lipinski definition) is 6. The average molecular weight is 478 g/mol. The van der Waals surface area contributed by atoms with E-state index in [9.17, 15) is 14.4 Å². The Morgan fingerprint density at radius 1 is 1.12 bits per heavy atom. The summed E-state index contributed by atoms with van der Waals surface area (Å²) in [7, 11) is 0. The number of carboxylic acids is 1. The van der Waals surface area contributed by atoms with Crippen LogP contribution in [0, 0.1) is 0 Å². The third-order valence-corrected chi connectivity index (χ3v) is 6.31. The first-order valence-corrected chi connectivity index (χ1v) is 11.5. The monoisotopic (exact) mass is 477 g/mol. The molecule has 0 atom stereocenters. The van der Waals surface area contributed by atoms with Crippen LogP contribution >= 0.6 is 11.3 Å². The van der Waals surface area contributed by atoms with Gasteiger partial charge in [-0.05, 0) is 22.3 Å². The van der Waals surface area contributed by atoms with E-state index in [1.165, 1.54) is 22.8 Å². The third kappa shape index (κ3) is 4.99. The summed E-state index contributed by atoms with van der Waals surface area (Å²) >= 11 is 1.20. The average Bonchev–Trinajstić information content (AvgIpc) is 3.43. The summed E-state index contributed by atoms with van der Waals surface area (Å²) in [5.41, 5.74) is 4.69. The lowest BCUT2D eigenvalue weighted by Gasteiger charge is -2.17. The Morgan fingerprint density at radius 3 is 2.38 bits per heavy atom. The molecule has 3 aromatic rings. The Labute approximate surface area is 200 Å². The van der Waals surface area contributed by atoms with Crippen molar-refractivity contribution < 1.29 is 24.2 Å². The van der Waals surface area contributed by atoms with Crippen LogP contribution in [-0.2, 0) is 16.1 Å². The molecule has 1 heterocycles. The van der Waals surface area contributed by atoms with Crippen LogP contribution < -0.4 is 5.32 Å². The van der Waals surface area contributed by atoms with Gasteiger partial charge in [-0.2, -0.15) is 0 Å². The van der Waals surface area contributed by atoms with Crippen molar-refractivity contribution in [3.05, 3.63) is 88.4 Å². The highest BCUT2D eigenvalue weighted by Crippen LogP contribution is 2.44. The van der Waals surface area contributed by atoms with Gasteiger partial charge in [0.2, 0.25) is 0 Å². The number of carbonyl (C=O) groups excluding carboxylic acids is 2. The van der Waals surface area contributed by atoms with Crippen molar-refractivity contribution in [2.45, 2.75) is 12.5 Å². The Morgan fingerprint density at radius 2 is 1.76 bits per heavy atom. The molecule has 0 bridgehead atoms. The summed E-state index contributed by atoms with van der Waals surface area (Å²) in [6.45, 7) is 3.48. The fraction of sp³-hybridized carbons (Fsp3) is 0.200. The van der Waals surface area contributed by atoms with Crippen molar-refractivity contribution in [1.29, 1.82) is 0 Å². The molecule has 174 valence electrons. The minimum absolute atomic E-state index is 0.0349. The van der Waals surface area contributed by atoms with Crippen molar-refractivity contribution in [2.75, 3.05) is 19.7 Å². The number of alkyl carbamates (subject to hydrolysis) is 1. The molecule has 0 fully saturated rings. The van der Waals surface area contributed by atoms with E-state index >= 15 is 0 Å². The molecule has 0 spiro atoms. The highest BCUT2D eigenvalue weighted by atomic mass is 32.1. The van der Waals surface area contributed by atoms with Gasteiger partial charge in [0.15, 0.2) is 0 Å². The Kier molecular flexibility index (Phi) is 7.03. The maximum atomic E-state index is 12.5. The van der Waals surface area contributed by atoms with Crippen LogP contribution in [0.4, 0.5) is 4.79 Å². The van der Waals surface area contributed by atoms with Gasteiger partial charge in [-0.3, -0.25) is 9.59 Å². The number of carboxylic acid groups (broad SMARTS) is 1. The van der Waals surface area contributed by atoms with Gasteiger partial charge in [-0.25, -0.2) is 9.78 Å². The SMILES string of the molecule is C=CCN(CC(=O)O)C(=O)c1csc(CNC(=O)OCC2c3ccccc3-c3ccccc32)n1. The Balaban J connectivity index is 1.33. The highest BCUT2D eigenvalue weighted by Gasteiger charge is 2.29. The quantitative estimate of drug-likeness (QED) is 0.453. The Bertz CT molecular complexity index is 1190. The van der Waals surface area contributed by atoms with Gasteiger partial charge in [0.05, 0.1) is 6.54 Å². The number of nitrogens with one attached hydrogen (secondary N) is 1. The van der Waals surface area contributed by atoms with E-state index in [1.54, 1.807) is 0 Å². The zero-order valence-corrected chi connectivity index (χ0v) is 19.1. The molecule has 2 aromatic carbocycles. The summed E-state index contributed by atoms with van der Waals surface area (Å²) in [4.78, 5) is 41.2. The molecule has 0 saturated heterocycles. The third-order valence-electron chi connectivity index (χ3n) is 5.46. The Hall–Kier alpha value is -3.98. The normalized spacial score (nSPS) is 11.9. The molecule has 4 rings (SSSR count). The largest absolute Gasteiger partial charge is 0.480 e. The lowest BCUT2D eigenvalue weighted by atomic mass is 9.98. The van der Waals surface area contributed by atoms with Crippen molar-refractivity contribution in [3.63, 3.8) is 0 Å². The molecule has 34 heavy (non-hydrogen) atoms. The van der Waals surface area contributed by atoms with Crippen molar-refractivity contribution in [3.8, 4) is 11.1 Å². The number of thiazole rings is 1. The van der Waals surface area contributed by atoms with Crippen LogP contribution in [0.2, 0.25) is 0 Å². The number of hydrogen-bond donors (Lipinski definition) is 2. The summed E-state index contributed by atoms with van der Waals surface area (Å²) in [5.74, 6) is -1.67. The minimum Gasteiger partial charge on any atom is -0.480 e. The van der Waals surface area contributed by atoms with Gasteiger partial charge in [-0.15, -0.1) is 17.9 Å². The van der Waals surface area contributed by atoms with Crippen LogP contribution in [0.5, 0.6) is 0 Å². The molecule has 8 nitrogen and oxygen atoms in total. The van der Waals surface area contributed by atoms with E-state index in [-0.39, 0.29) is 31.3 Å². The smallest absolute Gasteiger partial charge is 0.407 e. The summed E-state index contributed by atoms with van der Waals surface area (Å²) in [5, 5.41) is 13.7. The van der Waals surface area contributed by atoms with E-state index in [4.69, 9.17) is 9.84 Å². The van der Waals surface area contributed by atoms with E-state index in [2.05, 4.69) is 41.1 Å². The molecular formula is C25H23N3O5S. The molecule has 1 aliphatic carbocycles. The minimum atomic E-state index is -1.12. The topological polar surface area (TPSA) is 109 Å². The van der Waals surface area contributed by atoms with Gasteiger partial charge < -0.3 is 20.1 Å². The first kappa shape index (κ1) is 23.2. The fourth-order valence-electron chi connectivity index (χ4n) is 3.99. The molecule has 1 aliphatic rings. The lowest BCUT2D eigenvalue weighted by molar-refractivity contribution is -0.137. The maximum Gasteiger partial charge on any atom is 0.407 e. The summed E-state index contributed by atoms with van der Waals surface area (Å²) in [6.07, 6.45) is 0.872. The number of aromatic nitrogens is 1. The van der Waals surface area contributed by atoms with Gasteiger partial charge in [0, 0.05) is 17.8 Å². The second-order valence-electron chi connectivity index (χ2n) is 7.67. The van der Waals surface area contributed by atoms with E-state index in [0.29, 0.717) is 5.01 Å². The number of ether oxygens (including phenoxy) is 1. The number of rotatable bonds is 9. The lowest BCUT2D eigenvalue weighted by Crippen LogP contribution is -2.36. The number of aliphatic carboxylic acids is 1. The highest BCUT2D eigenvalue weighted by molar-refractivity contribution is 7.09. The molecule has 2 N–H and O–H groups in total. The molecular weight excluding hydrogens is 454 g/mol.